The van der Waals surface area contributed by atoms with Crippen LogP contribution in [0.3, 0.4) is 0 Å². The highest BCUT2D eigenvalue weighted by atomic mass is 28.3. The summed E-state index contributed by atoms with van der Waals surface area (Å²) >= 11 is 0. The minimum Gasteiger partial charge on any atom is -0.252 e. The molecule has 6 heteroatoms. The summed E-state index contributed by atoms with van der Waals surface area (Å²) < 4.78 is 28.5. The molecule has 118 valence electrons. The average molecular weight is 329 g/mol. The van der Waals surface area contributed by atoms with Crippen molar-refractivity contribution in [2.45, 2.75) is 19.1 Å². The lowest BCUT2D eigenvalue weighted by Crippen LogP contribution is -2.61. The normalized spacial score (nSPS) is 13.0. The maximum absolute atomic E-state index is 13.3. The maximum Gasteiger partial charge on any atom is 0.140 e. The SMILES string of the molecule is CC(n1cncn1)[Si](C)(c1ccc(F)cc1)c1ccc(F)cc1. The van der Waals surface area contributed by atoms with E-state index in [1.165, 1.54) is 30.6 Å². The zero-order valence-corrected chi connectivity index (χ0v) is 13.9. The second kappa shape index (κ2) is 6.04. The lowest BCUT2D eigenvalue weighted by Gasteiger charge is -2.34. The first-order chi connectivity index (χ1) is 11.0. The van der Waals surface area contributed by atoms with Crippen LogP contribution in [0.5, 0.6) is 0 Å². The summed E-state index contributed by atoms with van der Waals surface area (Å²) in [5.41, 5.74) is 0.0425. The van der Waals surface area contributed by atoms with Crippen LogP contribution in [0.4, 0.5) is 8.78 Å². The fourth-order valence-corrected chi connectivity index (χ4v) is 6.60. The van der Waals surface area contributed by atoms with Crippen LogP contribution in [0, 0.1) is 11.6 Å². The Morgan fingerprint density at radius 3 is 1.78 bits per heavy atom. The van der Waals surface area contributed by atoms with Crippen LogP contribution in [0.2, 0.25) is 6.55 Å². The predicted molar refractivity (Wildman–Crippen MR) is 88.4 cm³/mol. The van der Waals surface area contributed by atoms with Gasteiger partial charge < -0.3 is 0 Å². The van der Waals surface area contributed by atoms with Crippen molar-refractivity contribution in [3.63, 3.8) is 0 Å². The van der Waals surface area contributed by atoms with E-state index in [0.717, 1.165) is 10.4 Å². The van der Waals surface area contributed by atoms with Crippen LogP contribution in [-0.4, -0.2) is 22.8 Å². The van der Waals surface area contributed by atoms with Crippen molar-refractivity contribution in [3.05, 3.63) is 72.8 Å². The van der Waals surface area contributed by atoms with Gasteiger partial charge in [0.15, 0.2) is 0 Å². The van der Waals surface area contributed by atoms with Crippen LogP contribution >= 0.6 is 0 Å². The van der Waals surface area contributed by atoms with Gasteiger partial charge in [-0.05, 0) is 31.2 Å². The first-order valence-corrected chi connectivity index (χ1v) is 9.96. The molecule has 0 radical (unpaired) electrons. The Kier molecular flexibility index (Phi) is 4.08. The molecule has 3 rings (SSSR count). The van der Waals surface area contributed by atoms with E-state index in [9.17, 15) is 8.78 Å². The molecule has 23 heavy (non-hydrogen) atoms. The lowest BCUT2D eigenvalue weighted by molar-refractivity contribution is 0.613. The van der Waals surface area contributed by atoms with Crippen LogP contribution in [0.25, 0.3) is 0 Å². The Labute approximate surface area is 134 Å². The van der Waals surface area contributed by atoms with Crippen molar-refractivity contribution in [3.8, 4) is 0 Å². The smallest absolute Gasteiger partial charge is 0.140 e. The summed E-state index contributed by atoms with van der Waals surface area (Å²) in [6.07, 6.45) is 3.18. The number of nitrogens with zero attached hydrogens (tertiary/aromatic N) is 3. The fourth-order valence-electron chi connectivity index (χ4n) is 2.92. The van der Waals surface area contributed by atoms with Crippen molar-refractivity contribution in [2.24, 2.45) is 0 Å². The highest BCUT2D eigenvalue weighted by Gasteiger charge is 2.39. The van der Waals surface area contributed by atoms with Crippen molar-refractivity contribution in [1.82, 2.24) is 14.8 Å². The molecule has 1 atom stereocenters. The van der Waals surface area contributed by atoms with E-state index in [1.807, 2.05) is 28.9 Å². The summed E-state index contributed by atoms with van der Waals surface area (Å²) in [5, 5.41) is 6.39. The minimum atomic E-state index is -2.33. The van der Waals surface area contributed by atoms with Gasteiger partial charge >= 0.3 is 0 Å². The number of hydrogen-bond acceptors (Lipinski definition) is 2. The molecule has 3 aromatic rings. The molecule has 1 aromatic heterocycles. The first-order valence-electron chi connectivity index (χ1n) is 7.38. The van der Waals surface area contributed by atoms with Crippen LogP contribution in [-0.2, 0) is 0 Å². The molecule has 0 aliphatic heterocycles. The highest BCUT2D eigenvalue weighted by molar-refractivity contribution is 7.01. The molecule has 0 aliphatic carbocycles. The standard InChI is InChI=1S/C17H17F2N3Si/c1-13(22-12-20-11-21-22)23(2,16-7-3-14(18)4-8-16)17-9-5-15(19)6-10-17/h3-13H,1-2H3. The van der Waals surface area contributed by atoms with Crippen molar-refractivity contribution in [1.29, 1.82) is 0 Å². The van der Waals surface area contributed by atoms with Crippen molar-refractivity contribution < 1.29 is 8.78 Å². The molecule has 0 spiro atoms. The summed E-state index contributed by atoms with van der Waals surface area (Å²) in [4.78, 5) is 4.03. The monoisotopic (exact) mass is 329 g/mol. The van der Waals surface area contributed by atoms with E-state index >= 15 is 0 Å². The Morgan fingerprint density at radius 1 is 0.913 bits per heavy atom. The molecule has 2 aromatic carbocycles. The van der Waals surface area contributed by atoms with E-state index in [2.05, 4.69) is 23.6 Å². The molecule has 1 heterocycles. The molecule has 1 unspecified atom stereocenters. The fraction of sp³-hybridized carbons (Fsp3) is 0.176. The Balaban J connectivity index is 2.16. The third-order valence-corrected chi connectivity index (χ3v) is 9.56. The van der Waals surface area contributed by atoms with E-state index in [-0.39, 0.29) is 17.3 Å². The number of benzene rings is 2. The third-order valence-electron chi connectivity index (χ3n) is 4.56. The summed E-state index contributed by atoms with van der Waals surface area (Å²) in [6.45, 7) is 4.26. The summed E-state index contributed by atoms with van der Waals surface area (Å²) in [6, 6.07) is 13.2. The minimum absolute atomic E-state index is 0.0425. The van der Waals surface area contributed by atoms with Gasteiger partial charge in [-0.25, -0.2) is 13.8 Å². The van der Waals surface area contributed by atoms with Gasteiger partial charge in [-0.2, -0.15) is 5.10 Å². The predicted octanol–water partition coefficient (Wildman–Crippen LogP) is 2.55. The highest BCUT2D eigenvalue weighted by Crippen LogP contribution is 2.20. The summed E-state index contributed by atoms with van der Waals surface area (Å²) in [5.74, 6) is -0.532. The topological polar surface area (TPSA) is 30.7 Å². The second-order valence-corrected chi connectivity index (χ2v) is 10.2. The molecule has 0 saturated carbocycles. The quantitative estimate of drug-likeness (QED) is 0.689. The largest absolute Gasteiger partial charge is 0.252 e. The first kappa shape index (κ1) is 15.5. The second-order valence-electron chi connectivity index (χ2n) is 5.77. The molecular formula is C17H17F2N3Si. The van der Waals surface area contributed by atoms with E-state index in [1.54, 1.807) is 6.33 Å². The van der Waals surface area contributed by atoms with E-state index < -0.39 is 8.07 Å². The zero-order valence-electron chi connectivity index (χ0n) is 12.9. The Bertz CT molecular complexity index is 725. The van der Waals surface area contributed by atoms with E-state index in [0.29, 0.717) is 0 Å². The third kappa shape index (κ3) is 2.82. The van der Waals surface area contributed by atoms with Gasteiger partial charge in [-0.1, -0.05) is 41.2 Å². The molecule has 0 N–H and O–H groups in total. The molecule has 0 amide bonds. The van der Waals surface area contributed by atoms with Crippen LogP contribution in [0.1, 0.15) is 12.6 Å². The molecule has 0 bridgehead atoms. The van der Waals surface area contributed by atoms with Gasteiger partial charge in [0.25, 0.3) is 0 Å². The van der Waals surface area contributed by atoms with Crippen LogP contribution in [0.15, 0.2) is 61.2 Å². The Hall–Kier alpha value is -2.34. The van der Waals surface area contributed by atoms with Gasteiger partial charge in [0.1, 0.15) is 32.4 Å². The summed E-state index contributed by atoms with van der Waals surface area (Å²) in [7, 11) is -2.33. The van der Waals surface area contributed by atoms with Crippen molar-refractivity contribution in [2.75, 3.05) is 0 Å². The van der Waals surface area contributed by atoms with Gasteiger partial charge in [0.05, 0.1) is 5.67 Å². The van der Waals surface area contributed by atoms with E-state index in [4.69, 9.17) is 0 Å². The number of hydrogen-bond donors (Lipinski definition) is 0. The van der Waals surface area contributed by atoms with Gasteiger partial charge in [0.2, 0.25) is 0 Å². The molecule has 3 nitrogen and oxygen atoms in total. The Morgan fingerprint density at radius 2 is 1.39 bits per heavy atom. The number of halogens is 2. The maximum atomic E-state index is 13.3. The zero-order chi connectivity index (χ0) is 16.4. The van der Waals surface area contributed by atoms with Crippen LogP contribution < -0.4 is 10.4 Å². The van der Waals surface area contributed by atoms with Gasteiger partial charge in [-0.15, -0.1) is 0 Å². The lowest BCUT2D eigenvalue weighted by atomic mass is 10.3. The number of rotatable bonds is 4. The molecule has 0 saturated heterocycles. The van der Waals surface area contributed by atoms with Crippen molar-refractivity contribution >= 4 is 18.4 Å². The van der Waals surface area contributed by atoms with Gasteiger partial charge in [0, 0.05) is 0 Å². The average Bonchev–Trinajstić information content (AvgIpc) is 3.09. The number of aromatic nitrogens is 3. The van der Waals surface area contributed by atoms with Gasteiger partial charge in [-0.3, -0.25) is 4.68 Å². The molecule has 0 aliphatic rings. The molecular weight excluding hydrogens is 312 g/mol. The molecule has 0 fully saturated rings.